The van der Waals surface area contributed by atoms with Crippen LogP contribution in [-0.2, 0) is 16.0 Å². The van der Waals surface area contributed by atoms with Crippen molar-refractivity contribution in [2.24, 2.45) is 5.92 Å². The van der Waals surface area contributed by atoms with Gasteiger partial charge in [0.15, 0.2) is 0 Å². The van der Waals surface area contributed by atoms with Gasteiger partial charge in [-0.05, 0) is 61.3 Å². The quantitative estimate of drug-likeness (QED) is 0.744. The van der Waals surface area contributed by atoms with Crippen molar-refractivity contribution in [1.82, 2.24) is 15.5 Å². The zero-order valence-corrected chi connectivity index (χ0v) is 17.1. The maximum Gasteiger partial charge on any atom is 0.238 e. The van der Waals surface area contributed by atoms with E-state index in [4.69, 9.17) is 4.74 Å². The van der Waals surface area contributed by atoms with E-state index in [2.05, 4.69) is 21.6 Å². The van der Waals surface area contributed by atoms with Gasteiger partial charge in [0.25, 0.3) is 0 Å². The molecule has 0 radical (unpaired) electrons. The number of piperidine rings is 1. The number of likely N-dealkylation sites (tertiary alicyclic amines) is 1. The average Bonchev–Trinajstić information content (AvgIpc) is 3.44. The van der Waals surface area contributed by atoms with Gasteiger partial charge in [-0.1, -0.05) is 12.1 Å². The van der Waals surface area contributed by atoms with Crippen molar-refractivity contribution in [2.45, 2.75) is 62.2 Å². The molecule has 1 aromatic rings. The molecular formula is C23H29FN4O2. The molecule has 0 spiro atoms. The summed E-state index contributed by atoms with van der Waals surface area (Å²) < 4.78 is 20.1. The number of rotatable bonds is 6. The molecule has 1 saturated carbocycles. The second kappa shape index (κ2) is 8.26. The number of fused-ring (bicyclic) bond motifs is 2. The molecule has 7 heteroatoms. The third-order valence-electron chi connectivity index (χ3n) is 7.44. The molecule has 4 fully saturated rings. The van der Waals surface area contributed by atoms with E-state index in [0.29, 0.717) is 29.5 Å². The molecule has 2 bridgehead atoms. The summed E-state index contributed by atoms with van der Waals surface area (Å²) in [5, 5.41) is 15.7. The average molecular weight is 413 g/mol. The van der Waals surface area contributed by atoms with Gasteiger partial charge in [0.05, 0.1) is 31.4 Å². The predicted molar refractivity (Wildman–Crippen MR) is 109 cm³/mol. The van der Waals surface area contributed by atoms with Crippen molar-refractivity contribution in [3.8, 4) is 6.07 Å². The lowest BCUT2D eigenvalue weighted by Gasteiger charge is -2.34. The Kier molecular flexibility index (Phi) is 5.48. The van der Waals surface area contributed by atoms with Crippen LogP contribution in [0.1, 0.15) is 42.7 Å². The number of amides is 1. The lowest BCUT2D eigenvalue weighted by molar-refractivity contribution is -0.124. The van der Waals surface area contributed by atoms with Gasteiger partial charge < -0.3 is 15.4 Å². The van der Waals surface area contributed by atoms with Crippen molar-refractivity contribution < 1.29 is 13.9 Å². The summed E-state index contributed by atoms with van der Waals surface area (Å²) in [5.41, 5.74) is 1.50. The molecule has 2 N–H and O–H groups in total. The van der Waals surface area contributed by atoms with Gasteiger partial charge >= 0.3 is 0 Å². The zero-order chi connectivity index (χ0) is 20.7. The van der Waals surface area contributed by atoms with Crippen molar-refractivity contribution in [3.05, 3.63) is 35.1 Å². The lowest BCUT2D eigenvalue weighted by atomic mass is 9.95. The highest BCUT2D eigenvalue weighted by Gasteiger charge is 2.43. The fraction of sp³-hybridized carbons (Fsp3) is 0.652. The Morgan fingerprint density at radius 1 is 1.37 bits per heavy atom. The number of hydrogen-bond donors (Lipinski definition) is 2. The second-order valence-electron chi connectivity index (χ2n) is 9.33. The van der Waals surface area contributed by atoms with Gasteiger partial charge in [-0.2, -0.15) is 5.26 Å². The molecule has 1 aromatic carbocycles. The van der Waals surface area contributed by atoms with Crippen LogP contribution in [0.3, 0.4) is 0 Å². The van der Waals surface area contributed by atoms with Crippen LogP contribution in [0.25, 0.3) is 0 Å². The van der Waals surface area contributed by atoms with E-state index in [-0.39, 0.29) is 24.2 Å². The number of benzene rings is 1. The van der Waals surface area contributed by atoms with Crippen LogP contribution in [0.15, 0.2) is 18.2 Å². The zero-order valence-electron chi connectivity index (χ0n) is 17.1. The van der Waals surface area contributed by atoms with E-state index in [1.165, 1.54) is 0 Å². The van der Waals surface area contributed by atoms with Crippen LogP contribution in [0, 0.1) is 23.1 Å². The van der Waals surface area contributed by atoms with E-state index in [1.54, 1.807) is 12.1 Å². The molecule has 160 valence electrons. The Morgan fingerprint density at radius 3 is 2.87 bits per heavy atom. The minimum atomic E-state index is -0.723. The first-order valence-corrected chi connectivity index (χ1v) is 11.2. The summed E-state index contributed by atoms with van der Waals surface area (Å²) in [6.45, 7) is 3.58. The van der Waals surface area contributed by atoms with E-state index in [0.717, 1.165) is 57.6 Å². The minimum Gasteiger partial charge on any atom is -0.378 e. The van der Waals surface area contributed by atoms with Crippen LogP contribution in [0.4, 0.5) is 4.39 Å². The summed E-state index contributed by atoms with van der Waals surface area (Å²) in [5.74, 6) is 0.287. The smallest absolute Gasteiger partial charge is 0.238 e. The minimum absolute atomic E-state index is 0.128. The van der Waals surface area contributed by atoms with Crippen molar-refractivity contribution in [2.75, 3.05) is 26.3 Å². The number of nitrogens with one attached hydrogen (secondary N) is 2. The largest absolute Gasteiger partial charge is 0.378 e. The molecule has 1 amide bonds. The molecule has 4 aliphatic rings. The van der Waals surface area contributed by atoms with Crippen LogP contribution in [0.5, 0.6) is 0 Å². The maximum atomic E-state index is 14.8. The van der Waals surface area contributed by atoms with Gasteiger partial charge in [0.1, 0.15) is 11.9 Å². The number of nitrogens with zero attached hydrogens (tertiary/aromatic N) is 2. The Balaban J connectivity index is 1.19. The lowest BCUT2D eigenvalue weighted by Crippen LogP contribution is -2.50. The normalized spacial score (nSPS) is 32.0. The van der Waals surface area contributed by atoms with Crippen molar-refractivity contribution >= 4 is 5.91 Å². The topological polar surface area (TPSA) is 77.4 Å². The first kappa shape index (κ1) is 19.9. The summed E-state index contributed by atoms with van der Waals surface area (Å²) >= 11 is 0. The molecule has 5 atom stereocenters. The molecule has 0 aromatic heterocycles. The third-order valence-corrected chi connectivity index (χ3v) is 7.44. The second-order valence-corrected chi connectivity index (χ2v) is 9.33. The highest BCUT2D eigenvalue weighted by molar-refractivity contribution is 5.83. The first-order valence-electron chi connectivity index (χ1n) is 11.2. The highest BCUT2D eigenvalue weighted by atomic mass is 19.1. The predicted octanol–water partition coefficient (Wildman–Crippen LogP) is 1.71. The Labute approximate surface area is 176 Å². The van der Waals surface area contributed by atoms with Gasteiger partial charge in [-0.25, -0.2) is 4.39 Å². The van der Waals surface area contributed by atoms with Crippen LogP contribution >= 0.6 is 0 Å². The standard InChI is InChI=1S/C23H29FN4O2/c24-21-9-14(17-5-6-28(11-17)20-12-30-13-20)1-2-15(21)7-19(10-25)27-23(29)22-16-3-4-18(8-16)26-22/h1-2,9,16-20,22,26H,3-8,11-13H2,(H,27,29)/t16-,17?,18+,19-,22-/m0/s1. The molecule has 1 unspecified atom stereocenters. The molecular weight excluding hydrogens is 383 g/mol. The summed E-state index contributed by atoms with van der Waals surface area (Å²) in [4.78, 5) is 15.0. The third kappa shape index (κ3) is 3.84. The molecule has 3 heterocycles. The van der Waals surface area contributed by atoms with Crippen LogP contribution in [-0.4, -0.2) is 61.3 Å². The molecule has 1 aliphatic carbocycles. The number of carbonyl (C=O) groups is 1. The van der Waals surface area contributed by atoms with E-state index < -0.39 is 6.04 Å². The van der Waals surface area contributed by atoms with Gasteiger partial charge in [-0.3, -0.25) is 9.69 Å². The maximum absolute atomic E-state index is 14.8. The molecule has 3 saturated heterocycles. The van der Waals surface area contributed by atoms with E-state index in [1.807, 2.05) is 6.07 Å². The van der Waals surface area contributed by atoms with Crippen LogP contribution < -0.4 is 10.6 Å². The van der Waals surface area contributed by atoms with E-state index >= 15 is 0 Å². The number of ether oxygens (including phenoxy) is 1. The van der Waals surface area contributed by atoms with Gasteiger partial charge in [0.2, 0.25) is 5.91 Å². The Hall–Kier alpha value is -2.01. The Morgan fingerprint density at radius 2 is 2.23 bits per heavy atom. The van der Waals surface area contributed by atoms with E-state index in [9.17, 15) is 14.4 Å². The van der Waals surface area contributed by atoms with Crippen LogP contribution in [0.2, 0.25) is 0 Å². The highest BCUT2D eigenvalue weighted by Crippen LogP contribution is 2.35. The van der Waals surface area contributed by atoms with Gasteiger partial charge in [-0.15, -0.1) is 0 Å². The summed E-state index contributed by atoms with van der Waals surface area (Å²) in [6.07, 6.45) is 4.45. The summed E-state index contributed by atoms with van der Waals surface area (Å²) in [7, 11) is 0. The monoisotopic (exact) mass is 412 g/mol. The fourth-order valence-electron chi connectivity index (χ4n) is 5.57. The SMILES string of the molecule is N#C[C@H](Cc1ccc(C2CCN(C3COC3)C2)cc1F)NC(=O)[C@H]1N[C@@H]2CC[C@H]1C2. The first-order chi connectivity index (χ1) is 14.6. The number of halogens is 1. The number of hydrogen-bond acceptors (Lipinski definition) is 5. The molecule has 6 nitrogen and oxygen atoms in total. The number of carbonyl (C=O) groups excluding carboxylic acids is 1. The Bertz CT molecular complexity index is 852. The van der Waals surface area contributed by atoms with Crippen molar-refractivity contribution in [3.63, 3.8) is 0 Å². The fourth-order valence-corrected chi connectivity index (χ4v) is 5.57. The molecule has 3 aliphatic heterocycles. The van der Waals surface area contributed by atoms with Gasteiger partial charge in [0, 0.05) is 19.0 Å². The molecule has 5 rings (SSSR count). The summed E-state index contributed by atoms with van der Waals surface area (Å²) in [6, 6.07) is 7.53. The number of nitriles is 1. The molecule has 30 heavy (non-hydrogen) atoms. The van der Waals surface area contributed by atoms with Crippen molar-refractivity contribution in [1.29, 1.82) is 5.26 Å².